The molecule has 29 heavy (non-hydrogen) atoms. The zero-order valence-electron chi connectivity index (χ0n) is 15.5. The van der Waals surface area contributed by atoms with Crippen LogP contribution < -0.4 is 10.2 Å². The van der Waals surface area contributed by atoms with E-state index >= 15 is 0 Å². The number of pyridine rings is 1. The van der Waals surface area contributed by atoms with Crippen molar-refractivity contribution in [3.05, 3.63) is 23.4 Å². The SMILES string of the molecule is N#Cc1cc(N2CCC(C(=O)N[C@@H]3C[C@@H]4CC[C@H]3N4C#N)C2)nc(C(F)(F)F)c1. The van der Waals surface area contributed by atoms with Crippen molar-refractivity contribution in [2.45, 2.75) is 50.0 Å². The van der Waals surface area contributed by atoms with Crippen LogP contribution in [-0.4, -0.2) is 47.0 Å². The molecule has 152 valence electrons. The summed E-state index contributed by atoms with van der Waals surface area (Å²) in [5.41, 5.74) is -1.23. The molecule has 0 radical (unpaired) electrons. The largest absolute Gasteiger partial charge is 0.433 e. The van der Waals surface area contributed by atoms with E-state index in [4.69, 9.17) is 5.26 Å². The van der Waals surface area contributed by atoms with Crippen LogP contribution in [0.5, 0.6) is 0 Å². The molecule has 1 aromatic heterocycles. The van der Waals surface area contributed by atoms with Crippen LogP contribution in [-0.2, 0) is 11.0 Å². The lowest BCUT2D eigenvalue weighted by Crippen LogP contribution is -2.46. The Kier molecular flexibility index (Phi) is 4.73. The number of rotatable bonds is 3. The highest BCUT2D eigenvalue weighted by atomic mass is 19.4. The molecule has 3 aliphatic rings. The van der Waals surface area contributed by atoms with Crippen molar-refractivity contribution in [3.8, 4) is 12.3 Å². The molecule has 3 aliphatic heterocycles. The number of halogens is 3. The molecule has 0 aliphatic carbocycles. The first kappa shape index (κ1) is 19.3. The van der Waals surface area contributed by atoms with Crippen LogP contribution in [0.25, 0.3) is 0 Å². The molecule has 1 N–H and O–H groups in total. The third kappa shape index (κ3) is 3.55. The summed E-state index contributed by atoms with van der Waals surface area (Å²) in [6.07, 6.45) is 0.645. The lowest BCUT2D eigenvalue weighted by molar-refractivity contribution is -0.141. The number of nitrogens with zero attached hydrogens (tertiary/aromatic N) is 5. The Hall–Kier alpha value is -3.01. The number of anilines is 1. The van der Waals surface area contributed by atoms with Gasteiger partial charge in [0.25, 0.3) is 0 Å². The monoisotopic (exact) mass is 404 g/mol. The van der Waals surface area contributed by atoms with Crippen LogP contribution in [0.4, 0.5) is 19.0 Å². The maximum atomic E-state index is 13.1. The van der Waals surface area contributed by atoms with Gasteiger partial charge in [0.05, 0.1) is 29.6 Å². The van der Waals surface area contributed by atoms with Gasteiger partial charge >= 0.3 is 6.18 Å². The first-order valence-electron chi connectivity index (χ1n) is 9.53. The van der Waals surface area contributed by atoms with E-state index in [1.807, 2.05) is 0 Å². The molecule has 1 aromatic rings. The van der Waals surface area contributed by atoms with E-state index in [9.17, 15) is 23.2 Å². The number of carbonyl (C=O) groups excluding carboxylic acids is 1. The van der Waals surface area contributed by atoms with Crippen LogP contribution in [0.2, 0.25) is 0 Å². The van der Waals surface area contributed by atoms with Gasteiger partial charge in [-0.05, 0) is 37.8 Å². The van der Waals surface area contributed by atoms with Gasteiger partial charge in [0.15, 0.2) is 6.19 Å². The Balaban J connectivity index is 1.43. The molecular formula is C19H19F3N6O. The van der Waals surface area contributed by atoms with Crippen molar-refractivity contribution in [2.75, 3.05) is 18.0 Å². The summed E-state index contributed by atoms with van der Waals surface area (Å²) in [5, 5.41) is 21.3. The Bertz CT molecular complexity index is 905. The fourth-order valence-electron chi connectivity index (χ4n) is 4.67. The van der Waals surface area contributed by atoms with Gasteiger partial charge in [-0.2, -0.15) is 23.7 Å². The summed E-state index contributed by atoms with van der Waals surface area (Å²) in [5.74, 6) is -0.454. The number of nitrogens with one attached hydrogen (secondary N) is 1. The average Bonchev–Trinajstić information content (AvgIpc) is 3.41. The van der Waals surface area contributed by atoms with Gasteiger partial charge in [-0.3, -0.25) is 4.79 Å². The minimum Gasteiger partial charge on any atom is -0.356 e. The van der Waals surface area contributed by atoms with Crippen molar-refractivity contribution < 1.29 is 18.0 Å². The van der Waals surface area contributed by atoms with Gasteiger partial charge in [0, 0.05) is 19.1 Å². The summed E-state index contributed by atoms with van der Waals surface area (Å²) in [6.45, 7) is 0.631. The molecule has 1 amide bonds. The molecule has 10 heteroatoms. The van der Waals surface area contributed by atoms with Crippen LogP contribution in [0, 0.1) is 28.7 Å². The molecule has 7 nitrogen and oxygen atoms in total. The summed E-state index contributed by atoms with van der Waals surface area (Å²) in [7, 11) is 0. The fraction of sp³-hybridized carbons (Fsp3) is 0.579. The van der Waals surface area contributed by atoms with Crippen molar-refractivity contribution in [1.29, 1.82) is 10.5 Å². The van der Waals surface area contributed by atoms with Gasteiger partial charge < -0.3 is 15.1 Å². The number of aromatic nitrogens is 1. The standard InChI is InChI=1S/C19H19F3N6O/c20-19(21,22)16-5-11(8-23)6-17(26-16)27-4-3-12(9-27)18(29)25-14-7-13-1-2-15(14)28(13)10-24/h5-6,12-15H,1-4,7,9H2,(H,25,29)/t12?,13-,14+,15+/m0/s1. The molecule has 4 atom stereocenters. The number of hydrogen-bond acceptors (Lipinski definition) is 6. The molecule has 1 unspecified atom stereocenters. The predicted molar refractivity (Wildman–Crippen MR) is 95.1 cm³/mol. The predicted octanol–water partition coefficient (Wildman–Crippen LogP) is 2.00. The number of hydrogen-bond donors (Lipinski definition) is 1. The van der Waals surface area contributed by atoms with E-state index in [1.165, 1.54) is 6.07 Å². The van der Waals surface area contributed by atoms with Gasteiger partial charge in [-0.1, -0.05) is 0 Å². The third-order valence-corrected chi connectivity index (χ3v) is 6.09. The second kappa shape index (κ2) is 7.11. The van der Waals surface area contributed by atoms with E-state index in [0.29, 0.717) is 13.0 Å². The average molecular weight is 404 g/mol. The number of alkyl halides is 3. The molecule has 4 heterocycles. The van der Waals surface area contributed by atoms with Gasteiger partial charge in [0.1, 0.15) is 11.5 Å². The van der Waals surface area contributed by atoms with E-state index < -0.39 is 11.9 Å². The molecule has 0 spiro atoms. The maximum Gasteiger partial charge on any atom is 0.433 e. The van der Waals surface area contributed by atoms with E-state index in [1.54, 1.807) is 15.9 Å². The summed E-state index contributed by atoms with van der Waals surface area (Å²) < 4.78 is 39.2. The van der Waals surface area contributed by atoms with E-state index in [2.05, 4.69) is 16.5 Å². The topological polar surface area (TPSA) is 96.0 Å². The zero-order chi connectivity index (χ0) is 20.8. The van der Waals surface area contributed by atoms with Crippen LogP contribution in [0.15, 0.2) is 12.1 Å². The molecular weight excluding hydrogens is 385 g/mol. The number of amides is 1. The van der Waals surface area contributed by atoms with Gasteiger partial charge in [-0.25, -0.2) is 4.98 Å². The number of nitriles is 2. The smallest absolute Gasteiger partial charge is 0.356 e. The Labute approximate surface area is 165 Å². The third-order valence-electron chi connectivity index (χ3n) is 6.09. The van der Waals surface area contributed by atoms with Crippen LogP contribution in [0.3, 0.4) is 0 Å². The summed E-state index contributed by atoms with van der Waals surface area (Å²) in [6, 6.07) is 3.93. The molecule has 3 saturated heterocycles. The number of fused-ring (bicyclic) bond motifs is 2. The second-order valence-corrected chi connectivity index (χ2v) is 7.80. The van der Waals surface area contributed by atoms with Crippen molar-refractivity contribution in [2.24, 2.45) is 5.92 Å². The summed E-state index contributed by atoms with van der Waals surface area (Å²) >= 11 is 0. The lowest BCUT2D eigenvalue weighted by Gasteiger charge is -2.24. The minimum atomic E-state index is -4.65. The molecule has 3 fully saturated rings. The van der Waals surface area contributed by atoms with Crippen molar-refractivity contribution in [1.82, 2.24) is 15.2 Å². The summed E-state index contributed by atoms with van der Waals surface area (Å²) in [4.78, 5) is 19.7. The van der Waals surface area contributed by atoms with Crippen molar-refractivity contribution >= 4 is 11.7 Å². The molecule has 0 aromatic carbocycles. The van der Waals surface area contributed by atoms with Gasteiger partial charge in [-0.15, -0.1) is 0 Å². The van der Waals surface area contributed by atoms with Crippen LogP contribution >= 0.6 is 0 Å². The minimum absolute atomic E-state index is 0.0368. The zero-order valence-corrected chi connectivity index (χ0v) is 15.5. The van der Waals surface area contributed by atoms with Crippen LogP contribution in [0.1, 0.15) is 36.9 Å². The molecule has 4 rings (SSSR count). The Morgan fingerprint density at radius 1 is 1.24 bits per heavy atom. The lowest BCUT2D eigenvalue weighted by atomic mass is 9.95. The Morgan fingerprint density at radius 2 is 2.03 bits per heavy atom. The first-order chi connectivity index (χ1) is 13.8. The highest BCUT2D eigenvalue weighted by Crippen LogP contribution is 2.37. The maximum absolute atomic E-state index is 13.1. The Morgan fingerprint density at radius 3 is 2.69 bits per heavy atom. The number of carbonyl (C=O) groups is 1. The van der Waals surface area contributed by atoms with E-state index in [-0.39, 0.29) is 47.9 Å². The van der Waals surface area contributed by atoms with Crippen molar-refractivity contribution in [3.63, 3.8) is 0 Å². The van der Waals surface area contributed by atoms with E-state index in [0.717, 1.165) is 25.3 Å². The molecule has 0 saturated carbocycles. The fourth-order valence-corrected chi connectivity index (χ4v) is 4.67. The normalized spacial score (nSPS) is 28.3. The van der Waals surface area contributed by atoms with Gasteiger partial charge in [0.2, 0.25) is 5.91 Å². The quantitative estimate of drug-likeness (QED) is 0.775. The highest BCUT2D eigenvalue weighted by Gasteiger charge is 2.47. The second-order valence-electron chi connectivity index (χ2n) is 7.80. The molecule has 2 bridgehead atoms. The highest BCUT2D eigenvalue weighted by molar-refractivity contribution is 5.80. The first-order valence-corrected chi connectivity index (χ1v) is 9.53.